The second-order valence-electron chi connectivity index (χ2n) is 5.40. The van der Waals surface area contributed by atoms with E-state index in [9.17, 15) is 22.8 Å². The number of carbonyl (C=O) groups is 2. The lowest BCUT2D eigenvalue weighted by atomic mass is 10.1. The van der Waals surface area contributed by atoms with Crippen LogP contribution in [0.5, 0.6) is 5.75 Å². The Hall–Kier alpha value is -2.25. The first-order valence-corrected chi connectivity index (χ1v) is 7.44. The normalized spacial score (nSPS) is 11.1. The largest absolute Gasteiger partial charge is 0.483 e. The molecule has 2 amide bonds. The molecule has 2 N–H and O–H groups in total. The number of hydrogen-bond acceptors (Lipinski definition) is 3. The smallest absolute Gasteiger partial charge is 0.471 e. The summed E-state index contributed by atoms with van der Waals surface area (Å²) in [5.74, 6) is -1.71. The average molecular weight is 346 g/mol. The number of ether oxygens (including phenoxy) is 1. The number of carbonyl (C=O) groups excluding carboxylic acids is 2. The maximum atomic E-state index is 11.9. The van der Waals surface area contributed by atoms with Crippen LogP contribution in [0, 0.1) is 20.8 Å². The van der Waals surface area contributed by atoms with Crippen LogP contribution in [0.25, 0.3) is 0 Å². The molecular weight excluding hydrogens is 325 g/mol. The van der Waals surface area contributed by atoms with Gasteiger partial charge in [0.15, 0.2) is 6.61 Å². The number of alkyl halides is 3. The summed E-state index contributed by atoms with van der Waals surface area (Å²) < 4.78 is 41.3. The number of nitrogens with one attached hydrogen (secondary N) is 2. The van der Waals surface area contributed by atoms with E-state index in [-0.39, 0.29) is 32.0 Å². The van der Waals surface area contributed by atoms with Crippen LogP contribution >= 0.6 is 0 Å². The van der Waals surface area contributed by atoms with Crippen LogP contribution in [0.3, 0.4) is 0 Å². The van der Waals surface area contributed by atoms with Gasteiger partial charge in [-0.05, 0) is 43.9 Å². The summed E-state index contributed by atoms with van der Waals surface area (Å²) >= 11 is 0. The van der Waals surface area contributed by atoms with Crippen molar-refractivity contribution in [3.63, 3.8) is 0 Å². The zero-order chi connectivity index (χ0) is 18.3. The molecule has 0 bridgehead atoms. The zero-order valence-electron chi connectivity index (χ0n) is 13.8. The Labute approximate surface area is 138 Å². The molecule has 0 fully saturated rings. The fourth-order valence-electron chi connectivity index (χ4n) is 1.95. The van der Waals surface area contributed by atoms with Crippen LogP contribution in [-0.2, 0) is 9.59 Å². The molecule has 8 heteroatoms. The summed E-state index contributed by atoms with van der Waals surface area (Å²) in [4.78, 5) is 22.2. The van der Waals surface area contributed by atoms with Crippen molar-refractivity contribution < 1.29 is 27.5 Å². The second kappa shape index (κ2) is 8.56. The lowest BCUT2D eigenvalue weighted by molar-refractivity contribution is -0.173. The van der Waals surface area contributed by atoms with E-state index < -0.39 is 12.1 Å². The van der Waals surface area contributed by atoms with Crippen LogP contribution in [0.4, 0.5) is 13.2 Å². The Morgan fingerprint density at radius 2 is 1.62 bits per heavy atom. The van der Waals surface area contributed by atoms with Gasteiger partial charge in [0.25, 0.3) is 5.91 Å². The Bertz CT molecular complexity index is 601. The number of halogens is 3. The van der Waals surface area contributed by atoms with E-state index in [1.165, 1.54) is 0 Å². The highest BCUT2D eigenvalue weighted by atomic mass is 19.4. The maximum absolute atomic E-state index is 11.9. The quantitative estimate of drug-likeness (QED) is 0.744. The lowest BCUT2D eigenvalue weighted by Crippen LogP contribution is -2.38. The van der Waals surface area contributed by atoms with E-state index in [0.29, 0.717) is 5.75 Å². The van der Waals surface area contributed by atoms with Crippen molar-refractivity contribution in [2.75, 3.05) is 19.7 Å². The molecule has 0 aliphatic carbocycles. The van der Waals surface area contributed by atoms with Crippen molar-refractivity contribution in [1.29, 1.82) is 0 Å². The summed E-state index contributed by atoms with van der Waals surface area (Å²) in [5.41, 5.74) is 2.93. The fraction of sp³-hybridized carbons (Fsp3) is 0.500. The molecule has 0 heterocycles. The molecular formula is C16H21F3N2O3. The average Bonchev–Trinajstić information content (AvgIpc) is 2.49. The molecule has 0 saturated carbocycles. The summed E-state index contributed by atoms with van der Waals surface area (Å²) in [5, 5.41) is 4.25. The highest BCUT2D eigenvalue weighted by Crippen LogP contribution is 2.25. The van der Waals surface area contributed by atoms with E-state index in [0.717, 1.165) is 16.7 Å². The standard InChI is InChI=1S/C16H21F3N2O3/c1-10-5-6-11(2)14(12(10)3)24-9-13(22)20-7-4-8-21-15(23)16(17,18)19/h5-6H,4,7-9H2,1-3H3,(H,20,22)(H,21,23). The Morgan fingerprint density at radius 3 is 2.25 bits per heavy atom. The number of benzene rings is 1. The molecule has 5 nitrogen and oxygen atoms in total. The monoisotopic (exact) mass is 346 g/mol. The molecule has 24 heavy (non-hydrogen) atoms. The van der Waals surface area contributed by atoms with Crippen molar-refractivity contribution in [3.8, 4) is 5.75 Å². The van der Waals surface area contributed by atoms with Crippen LogP contribution in [0.15, 0.2) is 12.1 Å². The lowest BCUT2D eigenvalue weighted by Gasteiger charge is -2.14. The van der Waals surface area contributed by atoms with Gasteiger partial charge in [-0.15, -0.1) is 0 Å². The fourth-order valence-corrected chi connectivity index (χ4v) is 1.95. The molecule has 1 aromatic carbocycles. The second-order valence-corrected chi connectivity index (χ2v) is 5.40. The Morgan fingerprint density at radius 1 is 1.04 bits per heavy atom. The van der Waals surface area contributed by atoms with Gasteiger partial charge in [-0.2, -0.15) is 13.2 Å². The molecule has 0 aromatic heterocycles. The Balaban J connectivity index is 2.29. The van der Waals surface area contributed by atoms with Crippen LogP contribution in [0.2, 0.25) is 0 Å². The molecule has 134 valence electrons. The van der Waals surface area contributed by atoms with E-state index in [4.69, 9.17) is 4.74 Å². The Kier molecular flexibility index (Phi) is 7.06. The number of aryl methyl sites for hydroxylation is 2. The van der Waals surface area contributed by atoms with E-state index in [2.05, 4.69) is 5.32 Å². The maximum Gasteiger partial charge on any atom is 0.471 e. The van der Waals surface area contributed by atoms with Gasteiger partial charge in [-0.25, -0.2) is 0 Å². The summed E-state index contributed by atoms with van der Waals surface area (Å²) in [6, 6.07) is 3.87. The van der Waals surface area contributed by atoms with Gasteiger partial charge in [-0.3, -0.25) is 9.59 Å². The molecule has 0 radical (unpaired) electrons. The van der Waals surface area contributed by atoms with E-state index in [1.54, 1.807) is 5.32 Å². The first-order chi connectivity index (χ1) is 11.1. The van der Waals surface area contributed by atoms with Crippen molar-refractivity contribution in [3.05, 3.63) is 28.8 Å². The van der Waals surface area contributed by atoms with E-state index >= 15 is 0 Å². The van der Waals surface area contributed by atoms with Crippen LogP contribution < -0.4 is 15.4 Å². The highest BCUT2D eigenvalue weighted by Gasteiger charge is 2.38. The third kappa shape index (κ3) is 6.10. The third-order valence-corrected chi connectivity index (χ3v) is 3.44. The summed E-state index contributed by atoms with van der Waals surface area (Å²) in [6.45, 7) is 5.51. The number of hydrogen-bond donors (Lipinski definition) is 2. The minimum Gasteiger partial charge on any atom is -0.483 e. The summed E-state index contributed by atoms with van der Waals surface area (Å²) in [6.07, 6.45) is -4.70. The van der Waals surface area contributed by atoms with Gasteiger partial charge in [0, 0.05) is 13.1 Å². The molecule has 1 rings (SSSR count). The van der Waals surface area contributed by atoms with Gasteiger partial charge in [0.05, 0.1) is 0 Å². The first kappa shape index (κ1) is 19.8. The van der Waals surface area contributed by atoms with Crippen molar-refractivity contribution >= 4 is 11.8 Å². The van der Waals surface area contributed by atoms with Crippen molar-refractivity contribution in [2.45, 2.75) is 33.4 Å². The predicted octanol–water partition coefficient (Wildman–Crippen LogP) is 2.18. The number of amides is 2. The molecule has 0 atom stereocenters. The van der Waals surface area contributed by atoms with Crippen molar-refractivity contribution in [1.82, 2.24) is 10.6 Å². The predicted molar refractivity (Wildman–Crippen MR) is 82.8 cm³/mol. The van der Waals surface area contributed by atoms with Gasteiger partial charge in [-0.1, -0.05) is 12.1 Å². The minimum atomic E-state index is -4.89. The zero-order valence-corrected chi connectivity index (χ0v) is 13.8. The molecule has 0 aliphatic heterocycles. The topological polar surface area (TPSA) is 67.4 Å². The molecule has 1 aromatic rings. The first-order valence-electron chi connectivity index (χ1n) is 7.44. The van der Waals surface area contributed by atoms with E-state index in [1.807, 2.05) is 32.9 Å². The summed E-state index contributed by atoms with van der Waals surface area (Å²) in [7, 11) is 0. The third-order valence-electron chi connectivity index (χ3n) is 3.44. The highest BCUT2D eigenvalue weighted by molar-refractivity contribution is 5.81. The minimum absolute atomic E-state index is 0.145. The van der Waals surface area contributed by atoms with Gasteiger partial charge < -0.3 is 15.4 Å². The molecule has 0 saturated heterocycles. The van der Waals surface area contributed by atoms with Gasteiger partial charge in [0.2, 0.25) is 0 Å². The van der Waals surface area contributed by atoms with Crippen LogP contribution in [-0.4, -0.2) is 37.7 Å². The molecule has 0 aliphatic rings. The van der Waals surface area contributed by atoms with Gasteiger partial charge >= 0.3 is 12.1 Å². The number of rotatable bonds is 7. The SMILES string of the molecule is Cc1ccc(C)c(OCC(=O)NCCCNC(=O)C(F)(F)F)c1C. The van der Waals surface area contributed by atoms with Crippen molar-refractivity contribution in [2.24, 2.45) is 0 Å². The molecule has 0 unspecified atom stereocenters. The van der Waals surface area contributed by atoms with Gasteiger partial charge in [0.1, 0.15) is 5.75 Å². The van der Waals surface area contributed by atoms with Crippen LogP contribution in [0.1, 0.15) is 23.1 Å². The molecule has 0 spiro atoms.